The van der Waals surface area contributed by atoms with Gasteiger partial charge in [-0.05, 0) is 110 Å². The van der Waals surface area contributed by atoms with Crippen LogP contribution in [0.4, 0.5) is 8.78 Å². The molecule has 2 fully saturated rings. The number of benzene rings is 4. The number of halogens is 4. The fourth-order valence-corrected chi connectivity index (χ4v) is 12.3. The molecule has 78 heavy (non-hydrogen) atoms. The molecule has 0 unspecified atom stereocenters. The van der Waals surface area contributed by atoms with E-state index in [4.69, 9.17) is 37.4 Å². The summed E-state index contributed by atoms with van der Waals surface area (Å²) in [6, 6.07) is 27.5. The number of nitrogens with zero attached hydrogens (tertiary/aromatic N) is 2. The van der Waals surface area contributed by atoms with Crippen molar-refractivity contribution in [2.45, 2.75) is 84.6 Å². The van der Waals surface area contributed by atoms with Crippen molar-refractivity contribution in [3.05, 3.63) is 160 Å². The predicted molar refractivity (Wildman–Crippen MR) is 286 cm³/mol. The fraction of sp³-hybridized carbons (Fsp3) is 0.304. The number of hydrogen-bond acceptors (Lipinski definition) is 9. The summed E-state index contributed by atoms with van der Waals surface area (Å²) in [6.07, 6.45) is 16.2. The van der Waals surface area contributed by atoms with Crippen molar-refractivity contribution in [1.29, 1.82) is 0 Å². The number of H-pyrrole nitrogens is 2. The van der Waals surface area contributed by atoms with E-state index in [2.05, 4.69) is 43.1 Å². The Morgan fingerprint density at radius 3 is 1.71 bits per heavy atom. The third kappa shape index (κ3) is 13.8. The highest BCUT2D eigenvalue weighted by Crippen LogP contribution is 2.43. The van der Waals surface area contributed by atoms with Gasteiger partial charge in [0, 0.05) is 94.7 Å². The molecule has 5 heterocycles. The van der Waals surface area contributed by atoms with Gasteiger partial charge in [0.25, 0.3) is 11.1 Å². The Morgan fingerprint density at radius 2 is 1.24 bits per heavy atom. The van der Waals surface area contributed by atoms with Crippen molar-refractivity contribution in [2.75, 3.05) is 27.4 Å². The van der Waals surface area contributed by atoms with E-state index in [-0.39, 0.29) is 64.1 Å². The zero-order valence-electron chi connectivity index (χ0n) is 42.6. The van der Waals surface area contributed by atoms with Gasteiger partial charge in [-0.15, -0.1) is 12.8 Å². The van der Waals surface area contributed by atoms with Crippen molar-refractivity contribution >= 4 is 65.3 Å². The molecule has 0 bridgehead atoms. The van der Waals surface area contributed by atoms with Crippen LogP contribution in [0.1, 0.15) is 71.4 Å². The predicted octanol–water partition coefficient (Wildman–Crippen LogP) is 3.74. The maximum Gasteiger partial charge on any atom is 0.381 e. The van der Waals surface area contributed by atoms with Crippen LogP contribution < -0.4 is 43.3 Å². The van der Waals surface area contributed by atoms with Gasteiger partial charge in [0.2, 0.25) is 20.0 Å². The van der Waals surface area contributed by atoms with Crippen LogP contribution >= 0.6 is 11.6 Å². The van der Waals surface area contributed by atoms with Gasteiger partial charge in [0.1, 0.15) is 24.7 Å². The van der Waals surface area contributed by atoms with E-state index >= 15 is 8.78 Å². The summed E-state index contributed by atoms with van der Waals surface area (Å²) >= 11 is 5.67. The van der Waals surface area contributed by atoms with Gasteiger partial charge in [0.05, 0.1) is 35.1 Å². The van der Waals surface area contributed by atoms with E-state index < -0.39 is 61.7 Å². The summed E-state index contributed by atoms with van der Waals surface area (Å²) in [6.45, 7) is 0.705. The number of rotatable bonds is 12. The summed E-state index contributed by atoms with van der Waals surface area (Å²) in [5.41, 5.74) is 6.09. The first-order chi connectivity index (χ1) is 36.9. The zero-order chi connectivity index (χ0) is 55.2. The van der Waals surface area contributed by atoms with Gasteiger partial charge >= 0.3 is 5.97 Å². The highest BCUT2D eigenvalue weighted by Gasteiger charge is 2.42. The molecule has 1 amide bonds. The Morgan fingerprint density at radius 1 is 0.744 bits per heavy atom. The zero-order valence-corrected chi connectivity index (χ0v) is 47.2. The molecule has 11 rings (SSSR count). The number of amides is 1. The number of aliphatic carboxylic acids is 1. The number of carboxylic acids is 1. The van der Waals surface area contributed by atoms with Gasteiger partial charge in [-0.1, -0.05) is 48.5 Å². The highest BCUT2D eigenvalue weighted by atomic mass is 127. The van der Waals surface area contributed by atoms with E-state index in [0.717, 1.165) is 88.0 Å². The van der Waals surface area contributed by atoms with Gasteiger partial charge in [-0.2, -0.15) is 4.57 Å². The molecule has 410 valence electrons. The molecule has 2 aliphatic heterocycles. The number of aryl methyl sites for hydroxylation is 1. The quantitative estimate of drug-likeness (QED) is 0.0451. The van der Waals surface area contributed by atoms with Gasteiger partial charge < -0.3 is 53.4 Å². The molecule has 16 nitrogen and oxygen atoms in total. The minimum absolute atomic E-state index is 0. The molecule has 0 saturated heterocycles. The van der Waals surface area contributed by atoms with Crippen LogP contribution in [0.25, 0.3) is 21.8 Å². The normalized spacial score (nSPS) is 18.4. The minimum Gasteiger partial charge on any atom is -1.00 e. The number of para-hydroxylation sites is 2. The molecular formula is C56H57ClF2IN7O9S2. The first-order valence-corrected chi connectivity index (χ1v) is 27.9. The molecule has 0 spiro atoms. The number of carbonyl (C=O) groups excluding carboxylic acids is 1. The number of carboxylic acid groups (broad SMARTS) is 1. The maximum absolute atomic E-state index is 15.6. The maximum atomic E-state index is 15.6. The third-order valence-electron chi connectivity index (χ3n) is 13.4. The molecule has 6 N–H and O–H groups in total. The second kappa shape index (κ2) is 25.7. The molecule has 3 aromatic heterocycles. The lowest BCUT2D eigenvalue weighted by molar-refractivity contribution is -0.669. The number of ether oxygens (including phenoxy) is 2. The van der Waals surface area contributed by atoms with Crippen LogP contribution in [-0.2, 0) is 59.0 Å². The van der Waals surface area contributed by atoms with Crippen molar-refractivity contribution in [1.82, 2.24) is 29.6 Å². The van der Waals surface area contributed by atoms with Crippen LogP contribution in [0, 0.1) is 36.3 Å². The van der Waals surface area contributed by atoms with Crippen LogP contribution in [0.5, 0.6) is 0 Å². The first kappa shape index (κ1) is 59.4. The summed E-state index contributed by atoms with van der Waals surface area (Å²) in [5, 5.41) is 13.8. The van der Waals surface area contributed by atoms with Crippen LogP contribution in [0.3, 0.4) is 0 Å². The van der Waals surface area contributed by atoms with E-state index in [1.54, 1.807) is 13.2 Å². The van der Waals surface area contributed by atoms with Crippen molar-refractivity contribution in [2.24, 2.45) is 7.05 Å². The Balaban J connectivity index is 0.000000183. The lowest BCUT2D eigenvalue weighted by atomic mass is 9.88. The van der Waals surface area contributed by atoms with Crippen molar-refractivity contribution in [3.63, 3.8) is 0 Å². The second-order valence-corrected chi connectivity index (χ2v) is 22.7. The lowest BCUT2D eigenvalue weighted by Crippen LogP contribution is -3.00. The minimum atomic E-state index is -3.83. The molecule has 2 aliphatic carbocycles. The number of methoxy groups -OCH3 is 2. The summed E-state index contributed by atoms with van der Waals surface area (Å²) in [5.74, 6) is 0.510. The highest BCUT2D eigenvalue weighted by molar-refractivity contribution is 7.89. The number of sulfonamides is 2. The van der Waals surface area contributed by atoms with E-state index in [9.17, 15) is 21.6 Å². The number of pyridine rings is 1. The number of nitrogens with one attached hydrogen (secondary N) is 5. The second-order valence-electron chi connectivity index (χ2n) is 18.9. The largest absolute Gasteiger partial charge is 1.00 e. The Bertz CT molecular complexity index is 3630. The van der Waals surface area contributed by atoms with Gasteiger partial charge in [0.15, 0.2) is 6.20 Å². The number of aromatic nitrogens is 3. The van der Waals surface area contributed by atoms with Crippen LogP contribution in [0.2, 0.25) is 5.15 Å². The molecule has 22 heteroatoms. The number of fused-ring (bicyclic) bond motifs is 6. The SMILES string of the molecule is C#CC(=O)N1[C@@H](COC)Cc2c([nH]c3ccccc23)[C@@H]1c1ccc(S(=O)(=O)NC2CC2)cc1F.C#CC(=O)O.COC[C@H]1Cc2c([nH]c3ccccc23)[C@H](c2ccc(S(=O)(=O)NC3CC3)cc2F)N1.C[n+]1ccccc1Cl.[I-]. The molecule has 4 atom stereocenters. The monoisotopic (exact) mass is 1240 g/mol. The van der Waals surface area contributed by atoms with Crippen molar-refractivity contribution < 1.29 is 78.3 Å². The van der Waals surface area contributed by atoms with E-state index in [1.165, 1.54) is 36.1 Å². The van der Waals surface area contributed by atoms with Gasteiger partial charge in [-0.25, -0.2) is 39.9 Å². The topological polar surface area (TPSA) is 216 Å². The first-order valence-electron chi connectivity index (χ1n) is 24.5. The number of terminal acetylenes is 2. The van der Waals surface area contributed by atoms with Crippen LogP contribution in [0.15, 0.2) is 119 Å². The lowest BCUT2D eigenvalue weighted by Gasteiger charge is -2.41. The van der Waals surface area contributed by atoms with Crippen LogP contribution in [-0.4, -0.2) is 100 Å². The molecule has 4 aliphatic rings. The Labute approximate surface area is 473 Å². The van der Waals surface area contributed by atoms with Crippen molar-refractivity contribution in [3.8, 4) is 24.7 Å². The molecular weight excluding hydrogens is 1180 g/mol. The third-order valence-corrected chi connectivity index (χ3v) is 16.8. The Kier molecular flexibility index (Phi) is 19.6. The smallest absolute Gasteiger partial charge is 0.381 e. The average Bonchev–Trinajstić information content (AvgIpc) is 4.51. The van der Waals surface area contributed by atoms with Gasteiger partial charge in [-0.3, -0.25) is 10.1 Å². The summed E-state index contributed by atoms with van der Waals surface area (Å²) < 4.78 is 98.7. The molecule has 2 saturated carbocycles. The molecule has 7 aromatic rings. The fourth-order valence-electron chi connectivity index (χ4n) is 9.50. The standard InChI is InChI=1S/C25H24FN3O4S.C22H24FN3O3S.C6H7ClN.C3H2O2.HI/c1-3-23(30)29-16(14-33-2)12-20-18-6-4-5-7-22(18)27-24(20)25(29)19-11-10-17(13-21(19)26)34(31,32)28-15-8-9-15;1-29-12-14-10-18-16-4-2-3-5-20(16)25-22(18)21(24-14)17-9-8-15(11-19(17)23)30(27,28)26-13-6-7-13;1-8-5-3-2-4-6(8)7;1-2-3(4)5;/h1,4-7,10-11,13,15-16,25,27-28H,8-9,12,14H2,2H3;2-5,8-9,11,13-14,21,24-26H,6-7,10,12H2,1H3;2-5H,1H3;1H,(H,4,5);1H/q;;+1;;/p-1/t16-,25+;14-,21+;;;/m11.../s1. The Hall–Kier alpha value is -6.25. The average molecular weight is 1240 g/mol. The summed E-state index contributed by atoms with van der Waals surface area (Å²) in [4.78, 5) is 30.1. The molecule has 0 radical (unpaired) electrons. The number of carbonyl (C=O) groups is 2. The van der Waals surface area contributed by atoms with E-state index in [0.29, 0.717) is 24.3 Å². The molecule has 4 aromatic carbocycles. The number of hydrogen-bond donors (Lipinski definition) is 6. The van der Waals surface area contributed by atoms with E-state index in [1.807, 2.05) is 78.5 Å². The number of aromatic amines is 2. The summed E-state index contributed by atoms with van der Waals surface area (Å²) in [7, 11) is -2.45.